The number of rotatable bonds is 5. The van der Waals surface area contributed by atoms with Crippen LogP contribution in [0.4, 0.5) is 5.69 Å². The molecular formula is C15H23N3O. The molecule has 104 valence electrons. The van der Waals surface area contributed by atoms with Gasteiger partial charge in [-0.15, -0.1) is 0 Å². The van der Waals surface area contributed by atoms with Crippen LogP contribution in [0.5, 0.6) is 0 Å². The van der Waals surface area contributed by atoms with Crippen LogP contribution in [0, 0.1) is 0 Å². The van der Waals surface area contributed by atoms with E-state index in [1.165, 1.54) is 12.8 Å². The van der Waals surface area contributed by atoms with Crippen LogP contribution in [0.3, 0.4) is 0 Å². The summed E-state index contributed by atoms with van der Waals surface area (Å²) >= 11 is 0. The van der Waals surface area contributed by atoms with Crippen molar-refractivity contribution in [3.05, 3.63) is 24.0 Å². The zero-order chi connectivity index (χ0) is 13.7. The molecule has 0 saturated heterocycles. The molecule has 1 unspecified atom stereocenters. The summed E-state index contributed by atoms with van der Waals surface area (Å²) in [6, 6.07) is 2.61. The highest BCUT2D eigenvalue weighted by atomic mass is 16.1. The maximum atomic E-state index is 12.1. The van der Waals surface area contributed by atoms with E-state index in [-0.39, 0.29) is 5.91 Å². The topological polar surface area (TPSA) is 54.0 Å². The minimum absolute atomic E-state index is 0.00722. The van der Waals surface area contributed by atoms with E-state index in [1.807, 2.05) is 6.07 Å². The van der Waals surface area contributed by atoms with E-state index in [4.69, 9.17) is 0 Å². The second-order valence-electron chi connectivity index (χ2n) is 5.37. The van der Waals surface area contributed by atoms with Crippen molar-refractivity contribution in [2.75, 3.05) is 5.32 Å². The van der Waals surface area contributed by atoms with Crippen molar-refractivity contribution in [1.82, 2.24) is 10.3 Å². The van der Waals surface area contributed by atoms with Crippen LogP contribution in [0.25, 0.3) is 0 Å². The summed E-state index contributed by atoms with van der Waals surface area (Å²) in [6.45, 7) is 4.24. The molecular weight excluding hydrogens is 238 g/mol. The van der Waals surface area contributed by atoms with Gasteiger partial charge in [-0.3, -0.25) is 9.78 Å². The third kappa shape index (κ3) is 3.94. The maximum absolute atomic E-state index is 12.1. The first kappa shape index (κ1) is 13.8. The summed E-state index contributed by atoms with van der Waals surface area (Å²) in [4.78, 5) is 16.3. The SMILES string of the molecule is CCC(C)Nc1cncc(C(=O)NC2CCCC2)c1. The lowest BCUT2D eigenvalue weighted by atomic mass is 10.2. The van der Waals surface area contributed by atoms with Crippen LogP contribution in [0.1, 0.15) is 56.3 Å². The Morgan fingerprint density at radius 3 is 2.84 bits per heavy atom. The molecule has 4 nitrogen and oxygen atoms in total. The highest BCUT2D eigenvalue weighted by Gasteiger charge is 2.18. The van der Waals surface area contributed by atoms with Crippen molar-refractivity contribution < 1.29 is 4.79 Å². The summed E-state index contributed by atoms with van der Waals surface area (Å²) in [5.41, 5.74) is 1.55. The molecule has 1 fully saturated rings. The molecule has 1 saturated carbocycles. The minimum Gasteiger partial charge on any atom is -0.381 e. The Bertz CT molecular complexity index is 427. The number of pyridine rings is 1. The molecule has 1 aliphatic carbocycles. The van der Waals surface area contributed by atoms with E-state index in [1.54, 1.807) is 12.4 Å². The van der Waals surface area contributed by atoms with Crippen molar-refractivity contribution in [3.8, 4) is 0 Å². The van der Waals surface area contributed by atoms with Gasteiger partial charge in [-0.05, 0) is 32.3 Å². The molecule has 0 spiro atoms. The monoisotopic (exact) mass is 261 g/mol. The zero-order valence-corrected chi connectivity index (χ0v) is 11.8. The summed E-state index contributed by atoms with van der Waals surface area (Å²) < 4.78 is 0. The van der Waals surface area contributed by atoms with Crippen molar-refractivity contribution >= 4 is 11.6 Å². The number of carbonyl (C=O) groups is 1. The lowest BCUT2D eigenvalue weighted by Gasteiger charge is -2.14. The van der Waals surface area contributed by atoms with Crippen LogP contribution in [-0.4, -0.2) is 23.0 Å². The Labute approximate surface area is 115 Å². The quantitative estimate of drug-likeness (QED) is 0.856. The molecule has 2 N–H and O–H groups in total. The number of anilines is 1. The normalized spacial score (nSPS) is 17.2. The Morgan fingerprint density at radius 1 is 1.42 bits per heavy atom. The first-order chi connectivity index (χ1) is 9.19. The molecule has 0 bridgehead atoms. The third-order valence-corrected chi connectivity index (χ3v) is 3.72. The molecule has 1 aliphatic rings. The van der Waals surface area contributed by atoms with E-state index in [0.717, 1.165) is 24.9 Å². The number of amides is 1. The second kappa shape index (κ2) is 6.55. The molecule has 2 rings (SSSR count). The van der Waals surface area contributed by atoms with Gasteiger partial charge in [0.05, 0.1) is 11.3 Å². The van der Waals surface area contributed by atoms with Crippen LogP contribution >= 0.6 is 0 Å². The largest absolute Gasteiger partial charge is 0.381 e. The number of hydrogen-bond donors (Lipinski definition) is 2. The van der Waals surface area contributed by atoms with E-state index < -0.39 is 0 Å². The van der Waals surface area contributed by atoms with Gasteiger partial charge in [0.2, 0.25) is 0 Å². The summed E-state index contributed by atoms with van der Waals surface area (Å²) in [5.74, 6) is -0.00722. The maximum Gasteiger partial charge on any atom is 0.253 e. The van der Waals surface area contributed by atoms with Crippen LogP contribution in [-0.2, 0) is 0 Å². The zero-order valence-electron chi connectivity index (χ0n) is 11.8. The number of nitrogens with one attached hydrogen (secondary N) is 2. The van der Waals surface area contributed by atoms with Gasteiger partial charge < -0.3 is 10.6 Å². The lowest BCUT2D eigenvalue weighted by molar-refractivity contribution is 0.0937. The minimum atomic E-state index is -0.00722. The number of aromatic nitrogens is 1. The van der Waals surface area contributed by atoms with Crippen molar-refractivity contribution in [1.29, 1.82) is 0 Å². The van der Waals surface area contributed by atoms with Crippen LogP contribution in [0.15, 0.2) is 18.5 Å². The molecule has 0 radical (unpaired) electrons. The van der Waals surface area contributed by atoms with Gasteiger partial charge >= 0.3 is 0 Å². The molecule has 0 aliphatic heterocycles. The van der Waals surface area contributed by atoms with Gasteiger partial charge in [-0.1, -0.05) is 19.8 Å². The number of hydrogen-bond acceptors (Lipinski definition) is 3. The molecule has 0 aromatic carbocycles. The van der Waals surface area contributed by atoms with E-state index in [2.05, 4.69) is 29.5 Å². The average molecular weight is 261 g/mol. The third-order valence-electron chi connectivity index (χ3n) is 3.72. The summed E-state index contributed by atoms with van der Waals surface area (Å²) in [5, 5.41) is 6.42. The Hall–Kier alpha value is -1.58. The number of nitrogens with zero attached hydrogens (tertiary/aromatic N) is 1. The molecule has 4 heteroatoms. The fraction of sp³-hybridized carbons (Fsp3) is 0.600. The Kier molecular flexibility index (Phi) is 4.77. The van der Waals surface area contributed by atoms with E-state index in [9.17, 15) is 4.79 Å². The van der Waals surface area contributed by atoms with Crippen molar-refractivity contribution in [2.45, 2.75) is 58.0 Å². The highest BCUT2D eigenvalue weighted by Crippen LogP contribution is 2.18. The van der Waals surface area contributed by atoms with Gasteiger partial charge in [-0.25, -0.2) is 0 Å². The smallest absolute Gasteiger partial charge is 0.253 e. The van der Waals surface area contributed by atoms with Crippen molar-refractivity contribution in [2.24, 2.45) is 0 Å². The predicted octanol–water partition coefficient (Wildman–Crippen LogP) is 2.96. The van der Waals surface area contributed by atoms with Gasteiger partial charge in [0.15, 0.2) is 0 Å². The van der Waals surface area contributed by atoms with Gasteiger partial charge in [0, 0.05) is 24.5 Å². The highest BCUT2D eigenvalue weighted by molar-refractivity contribution is 5.94. The first-order valence-corrected chi connectivity index (χ1v) is 7.21. The van der Waals surface area contributed by atoms with Gasteiger partial charge in [0.1, 0.15) is 0 Å². The molecule has 19 heavy (non-hydrogen) atoms. The standard InChI is InChI=1S/C15H23N3O/c1-3-11(2)17-14-8-12(9-16-10-14)15(19)18-13-6-4-5-7-13/h8-11,13,17H,3-7H2,1-2H3,(H,18,19). The fourth-order valence-corrected chi connectivity index (χ4v) is 2.37. The molecule has 1 aromatic heterocycles. The summed E-state index contributed by atoms with van der Waals surface area (Å²) in [7, 11) is 0. The average Bonchev–Trinajstić information content (AvgIpc) is 2.91. The lowest BCUT2D eigenvalue weighted by Crippen LogP contribution is -2.32. The van der Waals surface area contributed by atoms with Gasteiger partial charge in [-0.2, -0.15) is 0 Å². The first-order valence-electron chi connectivity index (χ1n) is 7.21. The van der Waals surface area contributed by atoms with E-state index >= 15 is 0 Å². The second-order valence-corrected chi connectivity index (χ2v) is 5.37. The molecule has 1 aromatic rings. The van der Waals surface area contributed by atoms with Crippen LogP contribution in [0.2, 0.25) is 0 Å². The fourth-order valence-electron chi connectivity index (χ4n) is 2.37. The van der Waals surface area contributed by atoms with Gasteiger partial charge in [0.25, 0.3) is 5.91 Å². The Balaban J connectivity index is 1.98. The summed E-state index contributed by atoms with van der Waals surface area (Å²) in [6.07, 6.45) is 9.08. The molecule has 1 amide bonds. The van der Waals surface area contributed by atoms with Crippen molar-refractivity contribution in [3.63, 3.8) is 0 Å². The number of carbonyl (C=O) groups excluding carboxylic acids is 1. The Morgan fingerprint density at radius 2 is 2.16 bits per heavy atom. The predicted molar refractivity (Wildman–Crippen MR) is 77.3 cm³/mol. The molecule has 1 heterocycles. The molecule has 1 atom stereocenters. The van der Waals surface area contributed by atoms with Crippen LogP contribution < -0.4 is 10.6 Å². The van der Waals surface area contributed by atoms with E-state index in [0.29, 0.717) is 17.6 Å².